The molecular formula is C13H18BrNO. The van der Waals surface area contributed by atoms with E-state index < -0.39 is 0 Å². The van der Waals surface area contributed by atoms with Crippen molar-refractivity contribution in [1.29, 1.82) is 0 Å². The van der Waals surface area contributed by atoms with E-state index in [0.29, 0.717) is 5.92 Å². The van der Waals surface area contributed by atoms with Crippen molar-refractivity contribution in [2.24, 2.45) is 11.7 Å². The summed E-state index contributed by atoms with van der Waals surface area (Å²) < 4.78 is 6.34. The number of halogens is 1. The van der Waals surface area contributed by atoms with Crippen LogP contribution in [0.2, 0.25) is 0 Å². The van der Waals surface area contributed by atoms with Gasteiger partial charge >= 0.3 is 0 Å². The Morgan fingerprint density at radius 3 is 2.69 bits per heavy atom. The molecule has 0 aromatic heterocycles. The molecular weight excluding hydrogens is 266 g/mol. The van der Waals surface area contributed by atoms with Gasteiger partial charge in [-0.15, -0.1) is 0 Å². The van der Waals surface area contributed by atoms with Crippen LogP contribution in [-0.2, 0) is 0 Å². The van der Waals surface area contributed by atoms with Crippen molar-refractivity contribution in [1.82, 2.24) is 0 Å². The predicted molar refractivity (Wildman–Crippen MR) is 69.6 cm³/mol. The van der Waals surface area contributed by atoms with E-state index >= 15 is 0 Å². The number of methoxy groups -OCH3 is 1. The molecule has 0 spiro atoms. The average molecular weight is 284 g/mol. The van der Waals surface area contributed by atoms with Gasteiger partial charge in [-0.05, 0) is 42.5 Å². The molecule has 2 N–H and O–H groups in total. The van der Waals surface area contributed by atoms with E-state index in [1.165, 1.54) is 31.2 Å². The van der Waals surface area contributed by atoms with Crippen LogP contribution in [0, 0.1) is 5.92 Å². The van der Waals surface area contributed by atoms with Crippen molar-refractivity contribution >= 4 is 15.9 Å². The van der Waals surface area contributed by atoms with Gasteiger partial charge in [-0.3, -0.25) is 0 Å². The van der Waals surface area contributed by atoms with Crippen LogP contribution in [0.3, 0.4) is 0 Å². The predicted octanol–water partition coefficient (Wildman–Crippen LogP) is 3.65. The van der Waals surface area contributed by atoms with E-state index in [0.717, 1.165) is 10.2 Å². The quantitative estimate of drug-likeness (QED) is 0.919. The fourth-order valence-electron chi connectivity index (χ4n) is 2.47. The summed E-state index contributed by atoms with van der Waals surface area (Å²) in [6, 6.07) is 6.15. The number of nitrogens with two attached hydrogens (primary N) is 1. The molecule has 0 bridgehead atoms. The van der Waals surface area contributed by atoms with Crippen molar-refractivity contribution in [2.45, 2.75) is 31.7 Å². The molecule has 1 saturated carbocycles. The lowest BCUT2D eigenvalue weighted by molar-refractivity contribution is 0.409. The van der Waals surface area contributed by atoms with Crippen molar-refractivity contribution in [2.75, 3.05) is 7.11 Å². The second-order valence-electron chi connectivity index (χ2n) is 4.46. The maximum atomic E-state index is 6.34. The zero-order valence-corrected chi connectivity index (χ0v) is 11.2. The van der Waals surface area contributed by atoms with Crippen LogP contribution < -0.4 is 10.5 Å². The van der Waals surface area contributed by atoms with E-state index in [2.05, 4.69) is 15.9 Å². The Morgan fingerprint density at radius 1 is 1.38 bits per heavy atom. The van der Waals surface area contributed by atoms with Gasteiger partial charge in [-0.1, -0.05) is 28.8 Å². The molecule has 88 valence electrons. The third kappa shape index (κ3) is 2.41. The Hall–Kier alpha value is -0.540. The zero-order valence-electron chi connectivity index (χ0n) is 9.58. The third-order valence-electron chi connectivity index (χ3n) is 3.47. The average Bonchev–Trinajstić information content (AvgIpc) is 2.82. The topological polar surface area (TPSA) is 35.2 Å². The van der Waals surface area contributed by atoms with Crippen LogP contribution in [0.25, 0.3) is 0 Å². The summed E-state index contributed by atoms with van der Waals surface area (Å²) in [6.45, 7) is 0. The first-order valence-electron chi connectivity index (χ1n) is 5.81. The Morgan fingerprint density at radius 2 is 2.06 bits per heavy atom. The Bertz CT molecular complexity index is 361. The first-order valence-corrected chi connectivity index (χ1v) is 6.60. The SMILES string of the molecule is COc1ccc(Br)c(C(N)C2CCCC2)c1. The van der Waals surface area contributed by atoms with Crippen LogP contribution in [0.4, 0.5) is 0 Å². The van der Waals surface area contributed by atoms with Crippen molar-refractivity contribution in [3.8, 4) is 5.75 Å². The summed E-state index contributed by atoms with van der Waals surface area (Å²) >= 11 is 3.57. The number of hydrogen-bond acceptors (Lipinski definition) is 2. The molecule has 1 aromatic rings. The van der Waals surface area contributed by atoms with Crippen molar-refractivity contribution < 1.29 is 4.74 Å². The maximum absolute atomic E-state index is 6.34. The molecule has 1 aromatic carbocycles. The van der Waals surface area contributed by atoms with Crippen LogP contribution in [0.1, 0.15) is 37.3 Å². The second-order valence-corrected chi connectivity index (χ2v) is 5.31. The summed E-state index contributed by atoms with van der Waals surface area (Å²) in [5.41, 5.74) is 7.51. The molecule has 1 fully saturated rings. The lowest BCUT2D eigenvalue weighted by Crippen LogP contribution is -2.19. The first kappa shape index (κ1) is 11.9. The smallest absolute Gasteiger partial charge is 0.119 e. The van der Waals surface area contributed by atoms with E-state index in [1.54, 1.807) is 7.11 Å². The van der Waals surface area contributed by atoms with Gasteiger partial charge in [-0.25, -0.2) is 0 Å². The zero-order chi connectivity index (χ0) is 11.5. The molecule has 16 heavy (non-hydrogen) atoms. The van der Waals surface area contributed by atoms with Gasteiger partial charge in [0, 0.05) is 10.5 Å². The molecule has 0 aliphatic heterocycles. The fraction of sp³-hybridized carbons (Fsp3) is 0.538. The summed E-state index contributed by atoms with van der Waals surface area (Å²) in [5.74, 6) is 1.51. The highest BCUT2D eigenvalue weighted by Gasteiger charge is 2.24. The van der Waals surface area contributed by atoms with Crippen LogP contribution in [0.5, 0.6) is 5.75 Å². The summed E-state index contributed by atoms with van der Waals surface area (Å²) in [5, 5.41) is 0. The van der Waals surface area contributed by atoms with Crippen molar-refractivity contribution in [3.05, 3.63) is 28.2 Å². The minimum Gasteiger partial charge on any atom is -0.497 e. The second kappa shape index (κ2) is 5.19. The van der Waals surface area contributed by atoms with Gasteiger partial charge in [0.1, 0.15) is 5.75 Å². The maximum Gasteiger partial charge on any atom is 0.119 e. The highest BCUT2D eigenvalue weighted by Crippen LogP contribution is 2.37. The summed E-state index contributed by atoms with van der Waals surface area (Å²) in [7, 11) is 1.69. The Kier molecular flexibility index (Phi) is 3.87. The minimum absolute atomic E-state index is 0.131. The van der Waals surface area contributed by atoms with Crippen LogP contribution in [0.15, 0.2) is 22.7 Å². The Labute approximate surface area is 105 Å². The van der Waals surface area contributed by atoms with Crippen LogP contribution >= 0.6 is 15.9 Å². The molecule has 2 rings (SSSR count). The third-order valence-corrected chi connectivity index (χ3v) is 4.19. The molecule has 0 radical (unpaired) electrons. The first-order chi connectivity index (χ1) is 7.72. The van der Waals surface area contributed by atoms with Gasteiger partial charge in [0.15, 0.2) is 0 Å². The molecule has 1 aliphatic carbocycles. The van der Waals surface area contributed by atoms with Crippen LogP contribution in [-0.4, -0.2) is 7.11 Å². The van der Waals surface area contributed by atoms with E-state index in [-0.39, 0.29) is 6.04 Å². The van der Waals surface area contributed by atoms with Gasteiger partial charge in [0.2, 0.25) is 0 Å². The lowest BCUT2D eigenvalue weighted by Gasteiger charge is -2.21. The number of ether oxygens (including phenoxy) is 1. The largest absolute Gasteiger partial charge is 0.497 e. The Balaban J connectivity index is 2.23. The summed E-state index contributed by atoms with van der Waals surface area (Å²) in [4.78, 5) is 0. The normalized spacial score (nSPS) is 18.7. The van der Waals surface area contributed by atoms with Gasteiger partial charge in [-0.2, -0.15) is 0 Å². The van der Waals surface area contributed by atoms with E-state index in [1.807, 2.05) is 18.2 Å². The lowest BCUT2D eigenvalue weighted by atomic mass is 9.92. The fourth-order valence-corrected chi connectivity index (χ4v) is 2.99. The molecule has 3 heteroatoms. The molecule has 1 aliphatic rings. The standard InChI is InChI=1S/C13H18BrNO/c1-16-10-6-7-12(14)11(8-10)13(15)9-4-2-3-5-9/h6-9,13H,2-5,15H2,1H3. The molecule has 2 nitrogen and oxygen atoms in total. The highest BCUT2D eigenvalue weighted by molar-refractivity contribution is 9.10. The number of benzene rings is 1. The van der Waals surface area contributed by atoms with Crippen molar-refractivity contribution in [3.63, 3.8) is 0 Å². The van der Waals surface area contributed by atoms with Gasteiger partial charge < -0.3 is 10.5 Å². The number of hydrogen-bond donors (Lipinski definition) is 1. The molecule has 0 heterocycles. The van der Waals surface area contributed by atoms with Gasteiger partial charge in [0.25, 0.3) is 0 Å². The molecule has 0 amide bonds. The monoisotopic (exact) mass is 283 g/mol. The highest BCUT2D eigenvalue weighted by atomic mass is 79.9. The van der Waals surface area contributed by atoms with Gasteiger partial charge in [0.05, 0.1) is 7.11 Å². The molecule has 1 unspecified atom stereocenters. The van der Waals surface area contributed by atoms with E-state index in [4.69, 9.17) is 10.5 Å². The molecule has 1 atom stereocenters. The van der Waals surface area contributed by atoms with E-state index in [9.17, 15) is 0 Å². The number of rotatable bonds is 3. The molecule has 0 saturated heterocycles. The minimum atomic E-state index is 0.131. The summed E-state index contributed by atoms with van der Waals surface area (Å²) in [6.07, 6.45) is 5.15.